The van der Waals surface area contributed by atoms with E-state index in [0.717, 1.165) is 4.88 Å². The second-order valence-electron chi connectivity index (χ2n) is 4.02. The molecule has 2 rings (SSSR count). The highest BCUT2D eigenvalue weighted by Crippen LogP contribution is 2.11. The fourth-order valence-electron chi connectivity index (χ4n) is 1.59. The van der Waals surface area contributed by atoms with Gasteiger partial charge in [-0.1, -0.05) is 6.07 Å². The maximum absolute atomic E-state index is 11.9. The highest BCUT2D eigenvalue weighted by molar-refractivity contribution is 7.09. The van der Waals surface area contributed by atoms with Gasteiger partial charge in [-0.2, -0.15) is 0 Å². The quantitative estimate of drug-likeness (QED) is 0.900. The zero-order valence-electron chi connectivity index (χ0n) is 10.5. The Morgan fingerprint density at radius 3 is 2.47 bits per heavy atom. The highest BCUT2D eigenvalue weighted by atomic mass is 32.1. The summed E-state index contributed by atoms with van der Waals surface area (Å²) in [6.07, 6.45) is 0. The first-order chi connectivity index (χ1) is 9.15. The number of hydrogen-bond donors (Lipinski definition) is 2. The Hall–Kier alpha value is -2.14. The SMILES string of the molecule is CC(=O)Nc1ccc(C(=O)NCc2cccs2)cc1. The largest absolute Gasteiger partial charge is 0.347 e. The van der Waals surface area contributed by atoms with Crippen LogP contribution in [-0.4, -0.2) is 11.8 Å². The van der Waals surface area contributed by atoms with Gasteiger partial charge in [0.15, 0.2) is 0 Å². The zero-order valence-corrected chi connectivity index (χ0v) is 11.3. The Labute approximate surface area is 115 Å². The first kappa shape index (κ1) is 13.3. The van der Waals surface area contributed by atoms with Crippen LogP contribution in [0.1, 0.15) is 22.2 Å². The summed E-state index contributed by atoms with van der Waals surface area (Å²) in [4.78, 5) is 23.9. The van der Waals surface area contributed by atoms with Crippen LogP contribution in [0.15, 0.2) is 41.8 Å². The third-order valence-corrected chi connectivity index (χ3v) is 3.35. The summed E-state index contributed by atoms with van der Waals surface area (Å²) in [6, 6.07) is 10.7. The van der Waals surface area contributed by atoms with E-state index in [1.165, 1.54) is 6.92 Å². The van der Waals surface area contributed by atoms with E-state index in [2.05, 4.69) is 10.6 Å². The maximum atomic E-state index is 11.9. The van der Waals surface area contributed by atoms with Crippen LogP contribution in [0.2, 0.25) is 0 Å². The van der Waals surface area contributed by atoms with Crippen molar-refractivity contribution in [3.63, 3.8) is 0 Å². The molecule has 1 aromatic carbocycles. The minimum Gasteiger partial charge on any atom is -0.347 e. The van der Waals surface area contributed by atoms with Gasteiger partial charge in [-0.3, -0.25) is 9.59 Å². The average Bonchev–Trinajstić information content (AvgIpc) is 2.89. The fourth-order valence-corrected chi connectivity index (χ4v) is 2.24. The molecule has 0 fully saturated rings. The van der Waals surface area contributed by atoms with Crippen LogP contribution in [-0.2, 0) is 11.3 Å². The van der Waals surface area contributed by atoms with Crippen molar-refractivity contribution < 1.29 is 9.59 Å². The molecule has 0 aliphatic carbocycles. The third-order valence-electron chi connectivity index (χ3n) is 2.47. The molecule has 19 heavy (non-hydrogen) atoms. The fraction of sp³-hybridized carbons (Fsp3) is 0.143. The van der Waals surface area contributed by atoms with Crippen LogP contribution in [0.3, 0.4) is 0 Å². The van der Waals surface area contributed by atoms with Crippen molar-refractivity contribution in [2.45, 2.75) is 13.5 Å². The molecule has 0 saturated heterocycles. The van der Waals surface area contributed by atoms with Crippen molar-refractivity contribution in [1.82, 2.24) is 5.32 Å². The molecule has 0 radical (unpaired) electrons. The summed E-state index contributed by atoms with van der Waals surface area (Å²) in [5.41, 5.74) is 1.26. The molecule has 1 heterocycles. The van der Waals surface area contributed by atoms with E-state index in [0.29, 0.717) is 17.8 Å². The molecule has 0 aliphatic heterocycles. The summed E-state index contributed by atoms with van der Waals surface area (Å²) in [7, 11) is 0. The normalized spacial score (nSPS) is 9.95. The lowest BCUT2D eigenvalue weighted by Gasteiger charge is -2.05. The lowest BCUT2D eigenvalue weighted by atomic mass is 10.2. The molecule has 98 valence electrons. The number of carbonyl (C=O) groups is 2. The molecule has 0 atom stereocenters. The van der Waals surface area contributed by atoms with Gasteiger partial charge in [0, 0.05) is 23.1 Å². The number of anilines is 1. The van der Waals surface area contributed by atoms with Crippen LogP contribution in [0, 0.1) is 0 Å². The van der Waals surface area contributed by atoms with Crippen molar-refractivity contribution >= 4 is 28.8 Å². The molecular weight excluding hydrogens is 260 g/mol. The molecule has 0 bridgehead atoms. The van der Waals surface area contributed by atoms with Gasteiger partial charge in [0.05, 0.1) is 6.54 Å². The molecule has 0 unspecified atom stereocenters. The van der Waals surface area contributed by atoms with Crippen LogP contribution in [0.5, 0.6) is 0 Å². The molecule has 5 heteroatoms. The van der Waals surface area contributed by atoms with Gasteiger partial charge in [0.2, 0.25) is 5.91 Å². The van der Waals surface area contributed by atoms with E-state index in [-0.39, 0.29) is 11.8 Å². The van der Waals surface area contributed by atoms with Gasteiger partial charge in [0.1, 0.15) is 0 Å². The van der Waals surface area contributed by atoms with Crippen LogP contribution in [0.25, 0.3) is 0 Å². The van der Waals surface area contributed by atoms with E-state index >= 15 is 0 Å². The lowest BCUT2D eigenvalue weighted by Crippen LogP contribution is -2.22. The first-order valence-corrected chi connectivity index (χ1v) is 6.71. The molecule has 2 amide bonds. The summed E-state index contributed by atoms with van der Waals surface area (Å²) in [6.45, 7) is 1.98. The molecular formula is C14H14N2O2S. The molecule has 0 spiro atoms. The van der Waals surface area contributed by atoms with Gasteiger partial charge in [-0.25, -0.2) is 0 Å². The minimum atomic E-state index is -0.130. The van der Waals surface area contributed by atoms with Crippen molar-refractivity contribution in [2.24, 2.45) is 0 Å². The molecule has 2 N–H and O–H groups in total. The van der Waals surface area contributed by atoms with E-state index in [4.69, 9.17) is 0 Å². The van der Waals surface area contributed by atoms with Crippen molar-refractivity contribution in [2.75, 3.05) is 5.32 Å². The molecule has 0 saturated carbocycles. The topological polar surface area (TPSA) is 58.2 Å². The smallest absolute Gasteiger partial charge is 0.251 e. The van der Waals surface area contributed by atoms with Crippen LogP contribution in [0.4, 0.5) is 5.69 Å². The number of thiophene rings is 1. The first-order valence-electron chi connectivity index (χ1n) is 5.83. The second-order valence-corrected chi connectivity index (χ2v) is 5.05. The standard InChI is InChI=1S/C14H14N2O2S/c1-10(17)16-12-6-4-11(5-7-12)14(18)15-9-13-3-2-8-19-13/h2-8H,9H2,1H3,(H,15,18)(H,16,17). The summed E-state index contributed by atoms with van der Waals surface area (Å²) < 4.78 is 0. The van der Waals surface area contributed by atoms with Crippen LogP contribution < -0.4 is 10.6 Å². The Morgan fingerprint density at radius 2 is 1.89 bits per heavy atom. The molecule has 2 aromatic rings. The Morgan fingerprint density at radius 1 is 1.16 bits per heavy atom. The number of hydrogen-bond acceptors (Lipinski definition) is 3. The van der Waals surface area contributed by atoms with E-state index in [1.807, 2.05) is 17.5 Å². The van der Waals surface area contributed by atoms with Gasteiger partial charge < -0.3 is 10.6 Å². The number of nitrogens with one attached hydrogen (secondary N) is 2. The summed E-state index contributed by atoms with van der Waals surface area (Å²) >= 11 is 1.61. The average molecular weight is 274 g/mol. The Kier molecular flexibility index (Phi) is 4.30. The third kappa shape index (κ3) is 3.93. The second kappa shape index (κ2) is 6.15. The van der Waals surface area contributed by atoms with Crippen molar-refractivity contribution in [3.05, 3.63) is 52.2 Å². The summed E-state index contributed by atoms with van der Waals surface area (Å²) in [5, 5.41) is 7.48. The Balaban J connectivity index is 1.93. The number of benzene rings is 1. The maximum Gasteiger partial charge on any atom is 0.251 e. The number of rotatable bonds is 4. The molecule has 4 nitrogen and oxygen atoms in total. The van der Waals surface area contributed by atoms with E-state index in [9.17, 15) is 9.59 Å². The van der Waals surface area contributed by atoms with Gasteiger partial charge >= 0.3 is 0 Å². The van der Waals surface area contributed by atoms with E-state index < -0.39 is 0 Å². The summed E-state index contributed by atoms with van der Waals surface area (Å²) in [5.74, 6) is -0.252. The molecule has 0 aliphatic rings. The van der Waals surface area contributed by atoms with Crippen molar-refractivity contribution in [1.29, 1.82) is 0 Å². The van der Waals surface area contributed by atoms with Crippen LogP contribution >= 0.6 is 11.3 Å². The number of amides is 2. The van der Waals surface area contributed by atoms with Gasteiger partial charge in [-0.15, -0.1) is 11.3 Å². The zero-order chi connectivity index (χ0) is 13.7. The Bertz CT molecular complexity index is 562. The van der Waals surface area contributed by atoms with Crippen molar-refractivity contribution in [3.8, 4) is 0 Å². The van der Waals surface area contributed by atoms with Gasteiger partial charge in [0.25, 0.3) is 5.91 Å². The predicted octanol–water partition coefficient (Wildman–Crippen LogP) is 2.64. The lowest BCUT2D eigenvalue weighted by molar-refractivity contribution is -0.114. The van der Waals surface area contributed by atoms with E-state index in [1.54, 1.807) is 35.6 Å². The highest BCUT2D eigenvalue weighted by Gasteiger charge is 2.05. The predicted molar refractivity (Wildman–Crippen MR) is 76.2 cm³/mol. The number of carbonyl (C=O) groups excluding carboxylic acids is 2. The molecule has 1 aromatic heterocycles. The monoisotopic (exact) mass is 274 g/mol. The van der Waals surface area contributed by atoms with Gasteiger partial charge in [-0.05, 0) is 35.7 Å². The minimum absolute atomic E-state index is 0.122.